The van der Waals surface area contributed by atoms with Gasteiger partial charge < -0.3 is 4.74 Å². The molecule has 0 bridgehead atoms. The van der Waals surface area contributed by atoms with Crippen molar-refractivity contribution in [1.29, 1.82) is 0 Å². The number of hydrazone groups is 1. The second-order valence-electron chi connectivity index (χ2n) is 6.42. The predicted octanol–water partition coefficient (Wildman–Crippen LogP) is 3.81. The maximum absolute atomic E-state index is 12.2. The molecule has 0 aliphatic rings. The van der Waals surface area contributed by atoms with E-state index >= 15 is 0 Å². The topological polar surface area (TPSA) is 92.3 Å². The molecule has 0 saturated carbocycles. The quantitative estimate of drug-likeness (QED) is 0.366. The first-order valence-corrected chi connectivity index (χ1v) is 9.35. The SMILES string of the molecule is O=C(NN=Cc1ccccn1)c1cc(-c2ccc(OCc3ccccc3)cc2)n[nH]1. The Morgan fingerprint density at radius 2 is 1.83 bits per heavy atom. The van der Waals surface area contributed by atoms with Crippen LogP contribution in [0.5, 0.6) is 5.75 Å². The number of ether oxygens (including phenoxy) is 1. The third-order valence-electron chi connectivity index (χ3n) is 4.27. The van der Waals surface area contributed by atoms with Gasteiger partial charge in [0, 0.05) is 11.8 Å². The molecule has 0 radical (unpaired) electrons. The van der Waals surface area contributed by atoms with Gasteiger partial charge in [0.1, 0.15) is 18.1 Å². The van der Waals surface area contributed by atoms with Crippen LogP contribution in [0, 0.1) is 0 Å². The molecule has 2 heterocycles. The van der Waals surface area contributed by atoms with E-state index in [4.69, 9.17) is 4.74 Å². The van der Waals surface area contributed by atoms with Crippen molar-refractivity contribution >= 4 is 12.1 Å². The van der Waals surface area contributed by atoms with Crippen LogP contribution in [-0.4, -0.2) is 27.3 Å². The van der Waals surface area contributed by atoms with E-state index < -0.39 is 0 Å². The summed E-state index contributed by atoms with van der Waals surface area (Å²) in [6.07, 6.45) is 3.13. The molecule has 1 amide bonds. The number of hydrogen-bond donors (Lipinski definition) is 2. The molecule has 2 aromatic carbocycles. The van der Waals surface area contributed by atoms with E-state index in [9.17, 15) is 4.79 Å². The van der Waals surface area contributed by atoms with Crippen molar-refractivity contribution in [1.82, 2.24) is 20.6 Å². The average Bonchev–Trinajstić information content (AvgIpc) is 3.30. The molecule has 2 N–H and O–H groups in total. The second kappa shape index (κ2) is 9.29. The highest BCUT2D eigenvalue weighted by Crippen LogP contribution is 2.22. The highest BCUT2D eigenvalue weighted by atomic mass is 16.5. The monoisotopic (exact) mass is 397 g/mol. The molecule has 0 saturated heterocycles. The fraction of sp³-hybridized carbons (Fsp3) is 0.0435. The first-order chi connectivity index (χ1) is 14.8. The standard InChI is InChI=1S/C23H19N5O2/c29-23(28-25-15-19-8-4-5-13-24-19)22-14-21(26-27-22)18-9-11-20(12-10-18)30-16-17-6-2-1-3-7-17/h1-15H,16H2,(H,26,27)(H,28,29). The van der Waals surface area contributed by atoms with Crippen LogP contribution in [0.3, 0.4) is 0 Å². The number of rotatable bonds is 7. The number of pyridine rings is 1. The minimum atomic E-state index is -0.385. The molecular formula is C23H19N5O2. The smallest absolute Gasteiger partial charge is 0.289 e. The summed E-state index contributed by atoms with van der Waals surface area (Å²) in [5, 5.41) is 10.8. The number of aromatic amines is 1. The van der Waals surface area contributed by atoms with Gasteiger partial charge in [-0.1, -0.05) is 36.4 Å². The molecule has 0 aliphatic heterocycles. The number of aromatic nitrogens is 3. The molecule has 0 aliphatic carbocycles. The largest absolute Gasteiger partial charge is 0.489 e. The second-order valence-corrected chi connectivity index (χ2v) is 6.42. The molecular weight excluding hydrogens is 378 g/mol. The van der Waals surface area contributed by atoms with Crippen molar-refractivity contribution in [2.75, 3.05) is 0 Å². The first-order valence-electron chi connectivity index (χ1n) is 9.35. The zero-order valence-corrected chi connectivity index (χ0v) is 16.0. The van der Waals surface area contributed by atoms with Gasteiger partial charge in [-0.2, -0.15) is 10.2 Å². The molecule has 148 valence electrons. The molecule has 0 spiro atoms. The van der Waals surface area contributed by atoms with Crippen molar-refractivity contribution in [2.45, 2.75) is 6.61 Å². The van der Waals surface area contributed by atoms with Crippen LogP contribution in [0.1, 0.15) is 21.7 Å². The Balaban J connectivity index is 1.35. The lowest BCUT2D eigenvalue weighted by molar-refractivity contribution is 0.0950. The van der Waals surface area contributed by atoms with Gasteiger partial charge in [-0.3, -0.25) is 14.9 Å². The zero-order valence-electron chi connectivity index (χ0n) is 16.0. The number of nitrogens with zero attached hydrogens (tertiary/aromatic N) is 3. The number of amides is 1. The molecule has 0 unspecified atom stereocenters. The van der Waals surface area contributed by atoms with Gasteiger partial charge in [-0.05, 0) is 48.0 Å². The maximum atomic E-state index is 12.2. The first kappa shape index (κ1) is 19.1. The molecule has 0 fully saturated rings. The van der Waals surface area contributed by atoms with Gasteiger partial charge in [0.25, 0.3) is 5.91 Å². The van der Waals surface area contributed by atoms with Crippen LogP contribution in [0.25, 0.3) is 11.3 Å². The number of hydrogen-bond acceptors (Lipinski definition) is 5. The van der Waals surface area contributed by atoms with Gasteiger partial charge in [0.15, 0.2) is 0 Å². The summed E-state index contributed by atoms with van der Waals surface area (Å²) in [5.41, 5.74) is 6.05. The number of carbonyl (C=O) groups is 1. The van der Waals surface area contributed by atoms with Crippen LogP contribution < -0.4 is 10.2 Å². The van der Waals surface area contributed by atoms with E-state index in [1.165, 1.54) is 6.21 Å². The van der Waals surface area contributed by atoms with Crippen LogP contribution in [0.15, 0.2) is 90.2 Å². The number of carbonyl (C=O) groups excluding carboxylic acids is 1. The number of H-pyrrole nitrogens is 1. The van der Waals surface area contributed by atoms with Gasteiger partial charge in [-0.15, -0.1) is 0 Å². The summed E-state index contributed by atoms with van der Waals surface area (Å²) in [5.74, 6) is 0.378. The molecule has 2 aromatic heterocycles. The van der Waals surface area contributed by atoms with Crippen LogP contribution in [0.4, 0.5) is 0 Å². The Labute approximate surface area is 173 Å². The van der Waals surface area contributed by atoms with Crippen molar-refractivity contribution in [3.8, 4) is 17.0 Å². The Morgan fingerprint density at radius 3 is 2.60 bits per heavy atom. The lowest BCUT2D eigenvalue weighted by Gasteiger charge is -2.06. The highest BCUT2D eigenvalue weighted by Gasteiger charge is 2.10. The molecule has 7 nitrogen and oxygen atoms in total. The highest BCUT2D eigenvalue weighted by molar-refractivity contribution is 5.94. The Morgan fingerprint density at radius 1 is 1.03 bits per heavy atom. The lowest BCUT2D eigenvalue weighted by Crippen LogP contribution is -2.18. The Kier molecular flexibility index (Phi) is 5.91. The molecule has 4 rings (SSSR count). The maximum Gasteiger partial charge on any atom is 0.289 e. The van der Waals surface area contributed by atoms with Gasteiger partial charge in [0.2, 0.25) is 0 Å². The fourth-order valence-electron chi connectivity index (χ4n) is 2.72. The zero-order chi connectivity index (χ0) is 20.6. The van der Waals surface area contributed by atoms with E-state index in [-0.39, 0.29) is 5.91 Å². The predicted molar refractivity (Wildman–Crippen MR) is 114 cm³/mol. The van der Waals surface area contributed by atoms with Crippen molar-refractivity contribution < 1.29 is 9.53 Å². The Hall–Kier alpha value is -4.26. The van der Waals surface area contributed by atoms with Crippen molar-refractivity contribution in [2.24, 2.45) is 5.10 Å². The van der Waals surface area contributed by atoms with E-state index in [2.05, 4.69) is 25.7 Å². The summed E-state index contributed by atoms with van der Waals surface area (Å²) in [6.45, 7) is 0.506. The lowest BCUT2D eigenvalue weighted by atomic mass is 10.1. The molecule has 4 aromatic rings. The summed E-state index contributed by atoms with van der Waals surface area (Å²) in [7, 11) is 0. The van der Waals surface area contributed by atoms with Gasteiger partial charge in [0.05, 0.1) is 17.6 Å². The van der Waals surface area contributed by atoms with Crippen LogP contribution in [-0.2, 0) is 6.61 Å². The molecule has 0 atom stereocenters. The number of benzene rings is 2. The van der Waals surface area contributed by atoms with E-state index in [1.807, 2.05) is 66.7 Å². The summed E-state index contributed by atoms with van der Waals surface area (Å²) < 4.78 is 5.79. The summed E-state index contributed by atoms with van der Waals surface area (Å²) in [6, 6.07) is 24.7. The summed E-state index contributed by atoms with van der Waals surface area (Å²) >= 11 is 0. The van der Waals surface area contributed by atoms with Gasteiger partial charge >= 0.3 is 0 Å². The van der Waals surface area contributed by atoms with E-state index in [0.29, 0.717) is 23.7 Å². The summed E-state index contributed by atoms with van der Waals surface area (Å²) in [4.78, 5) is 16.3. The van der Waals surface area contributed by atoms with Gasteiger partial charge in [-0.25, -0.2) is 5.43 Å². The van der Waals surface area contributed by atoms with E-state index in [1.54, 1.807) is 18.3 Å². The van der Waals surface area contributed by atoms with Crippen molar-refractivity contribution in [3.05, 3.63) is 102 Å². The average molecular weight is 397 g/mol. The number of nitrogens with one attached hydrogen (secondary N) is 2. The van der Waals surface area contributed by atoms with E-state index in [0.717, 1.165) is 16.9 Å². The normalized spacial score (nSPS) is 10.8. The molecule has 7 heteroatoms. The van der Waals surface area contributed by atoms with Crippen LogP contribution in [0.2, 0.25) is 0 Å². The van der Waals surface area contributed by atoms with Crippen LogP contribution >= 0.6 is 0 Å². The third-order valence-corrected chi connectivity index (χ3v) is 4.27. The van der Waals surface area contributed by atoms with Crippen molar-refractivity contribution in [3.63, 3.8) is 0 Å². The third kappa shape index (κ3) is 4.96. The molecule has 30 heavy (non-hydrogen) atoms. The fourth-order valence-corrected chi connectivity index (χ4v) is 2.72. The minimum absolute atomic E-state index is 0.313. The minimum Gasteiger partial charge on any atom is -0.489 e. The Bertz CT molecular complexity index is 1120.